The van der Waals surface area contributed by atoms with Gasteiger partial charge in [-0.1, -0.05) is 6.07 Å². The molecule has 1 aromatic rings. The van der Waals surface area contributed by atoms with Crippen LogP contribution in [0.15, 0.2) is 23.3 Å². The highest BCUT2D eigenvalue weighted by atomic mass is 16.5. The van der Waals surface area contributed by atoms with Crippen LogP contribution in [-0.2, 0) is 9.59 Å². The minimum atomic E-state index is -0.320. The highest BCUT2D eigenvalue weighted by Gasteiger charge is 2.14. The molecule has 0 saturated heterocycles. The predicted molar refractivity (Wildman–Crippen MR) is 80.5 cm³/mol. The van der Waals surface area contributed by atoms with E-state index in [-0.39, 0.29) is 18.3 Å². The van der Waals surface area contributed by atoms with Gasteiger partial charge in [0.15, 0.2) is 6.61 Å². The van der Waals surface area contributed by atoms with Crippen LogP contribution in [0.3, 0.4) is 0 Å². The molecule has 1 aromatic carbocycles. The fraction of sp³-hybridized carbons (Fsp3) is 0.438. The molecule has 1 amide bonds. The molecule has 0 heterocycles. The first-order chi connectivity index (χ1) is 10.0. The summed E-state index contributed by atoms with van der Waals surface area (Å²) in [5.74, 6) is 0.531. The van der Waals surface area contributed by atoms with Crippen molar-refractivity contribution in [2.45, 2.75) is 39.5 Å². The lowest BCUT2D eigenvalue weighted by Gasteiger charge is -2.11. The Morgan fingerprint density at radius 1 is 1.24 bits per heavy atom. The average molecular weight is 288 g/mol. The monoisotopic (exact) mass is 288 g/mol. The highest BCUT2D eigenvalue weighted by Crippen LogP contribution is 2.16. The lowest BCUT2D eigenvalue weighted by Crippen LogP contribution is -2.27. The predicted octanol–water partition coefficient (Wildman–Crippen LogP) is 2.30. The van der Waals surface area contributed by atoms with Crippen LogP contribution in [0.4, 0.5) is 0 Å². The Kier molecular flexibility index (Phi) is 5.09. The zero-order valence-electron chi connectivity index (χ0n) is 12.4. The molecule has 2 rings (SSSR count). The summed E-state index contributed by atoms with van der Waals surface area (Å²) in [7, 11) is 0. The third kappa shape index (κ3) is 5.02. The van der Waals surface area contributed by atoms with E-state index < -0.39 is 0 Å². The van der Waals surface area contributed by atoms with E-state index in [1.54, 1.807) is 0 Å². The number of rotatable bonds is 4. The number of ether oxygens (including phenoxy) is 1. The third-order valence-electron chi connectivity index (χ3n) is 3.23. The van der Waals surface area contributed by atoms with E-state index >= 15 is 0 Å². The maximum absolute atomic E-state index is 11.7. The first-order valence-electron chi connectivity index (χ1n) is 7.10. The number of carbonyl (C=O) groups excluding carboxylic acids is 2. The molecule has 0 radical (unpaired) electrons. The number of hydrogen-bond acceptors (Lipinski definition) is 4. The van der Waals surface area contributed by atoms with E-state index in [9.17, 15) is 9.59 Å². The van der Waals surface area contributed by atoms with Gasteiger partial charge >= 0.3 is 0 Å². The number of hydrogen-bond donors (Lipinski definition) is 1. The largest absolute Gasteiger partial charge is 0.484 e. The molecule has 0 aliphatic heterocycles. The van der Waals surface area contributed by atoms with Gasteiger partial charge in [0, 0.05) is 18.6 Å². The van der Waals surface area contributed by atoms with Gasteiger partial charge in [-0.05, 0) is 49.9 Å². The van der Waals surface area contributed by atoms with Gasteiger partial charge in [0.05, 0.1) is 0 Å². The molecule has 1 aliphatic rings. The number of nitrogens with one attached hydrogen (secondary N) is 1. The number of Topliss-reactive ketones (excluding diaryl/α,β-unsaturated/α-hetero) is 1. The molecular weight excluding hydrogens is 268 g/mol. The Hall–Kier alpha value is -2.17. The molecular formula is C16H20N2O3. The molecule has 5 heteroatoms. The van der Waals surface area contributed by atoms with E-state index in [0.717, 1.165) is 29.7 Å². The van der Waals surface area contributed by atoms with E-state index in [1.165, 1.54) is 0 Å². The number of carbonyl (C=O) groups is 2. The quantitative estimate of drug-likeness (QED) is 0.864. The fourth-order valence-electron chi connectivity index (χ4n) is 2.33. The van der Waals surface area contributed by atoms with Gasteiger partial charge in [0.1, 0.15) is 11.5 Å². The van der Waals surface area contributed by atoms with Crippen molar-refractivity contribution in [3.8, 4) is 5.75 Å². The number of benzene rings is 1. The maximum atomic E-state index is 11.7. The summed E-state index contributed by atoms with van der Waals surface area (Å²) in [6.07, 6.45) is 2.54. The molecule has 1 aliphatic carbocycles. The topological polar surface area (TPSA) is 67.8 Å². The summed E-state index contributed by atoms with van der Waals surface area (Å²) < 4.78 is 5.44. The summed E-state index contributed by atoms with van der Waals surface area (Å²) in [6, 6.07) is 5.80. The smallest absolute Gasteiger partial charge is 0.277 e. The van der Waals surface area contributed by atoms with E-state index in [0.29, 0.717) is 18.6 Å². The van der Waals surface area contributed by atoms with Crippen molar-refractivity contribution in [2.24, 2.45) is 5.10 Å². The summed E-state index contributed by atoms with van der Waals surface area (Å²) in [5, 5.41) is 4.00. The van der Waals surface area contributed by atoms with Gasteiger partial charge in [-0.2, -0.15) is 5.10 Å². The molecule has 0 atom stereocenters. The second-order valence-electron chi connectivity index (χ2n) is 5.39. The number of aryl methyl sites for hydroxylation is 2. The third-order valence-corrected chi connectivity index (χ3v) is 3.23. The molecule has 1 saturated carbocycles. The van der Waals surface area contributed by atoms with Crippen molar-refractivity contribution in [3.05, 3.63) is 29.3 Å². The summed E-state index contributed by atoms with van der Waals surface area (Å²) >= 11 is 0. The van der Waals surface area contributed by atoms with Crippen LogP contribution < -0.4 is 10.2 Å². The van der Waals surface area contributed by atoms with Crippen LogP contribution in [0.2, 0.25) is 0 Å². The van der Waals surface area contributed by atoms with Crippen LogP contribution >= 0.6 is 0 Å². The summed E-state index contributed by atoms with van der Waals surface area (Å²) in [4.78, 5) is 23.0. The van der Waals surface area contributed by atoms with Crippen LogP contribution in [0.1, 0.15) is 36.8 Å². The molecule has 21 heavy (non-hydrogen) atoms. The summed E-state index contributed by atoms with van der Waals surface area (Å²) in [5.41, 5.74) is 5.36. The Morgan fingerprint density at radius 2 is 1.95 bits per heavy atom. The Labute approximate surface area is 124 Å². The molecule has 0 aromatic heterocycles. The zero-order chi connectivity index (χ0) is 15.2. The van der Waals surface area contributed by atoms with E-state index in [1.807, 2.05) is 32.0 Å². The lowest BCUT2D eigenvalue weighted by molar-refractivity contribution is -0.123. The number of nitrogens with zero attached hydrogens (tertiary/aromatic N) is 1. The van der Waals surface area contributed by atoms with Gasteiger partial charge in [0.25, 0.3) is 5.91 Å². The second kappa shape index (κ2) is 7.02. The number of ketones is 1. The molecule has 1 fully saturated rings. The van der Waals surface area contributed by atoms with Crippen molar-refractivity contribution >= 4 is 17.4 Å². The minimum absolute atomic E-state index is 0.0897. The average Bonchev–Trinajstić information content (AvgIpc) is 2.42. The van der Waals surface area contributed by atoms with Crippen LogP contribution in [-0.4, -0.2) is 24.0 Å². The van der Waals surface area contributed by atoms with Crippen molar-refractivity contribution in [3.63, 3.8) is 0 Å². The SMILES string of the molecule is Cc1cc(C)cc(OCC(=O)N/N=C2/CCCC(=O)C2)c1. The highest BCUT2D eigenvalue weighted by molar-refractivity contribution is 6.04. The molecule has 112 valence electrons. The van der Waals surface area contributed by atoms with E-state index in [2.05, 4.69) is 10.5 Å². The Balaban J connectivity index is 1.82. The van der Waals surface area contributed by atoms with Crippen molar-refractivity contribution in [2.75, 3.05) is 6.61 Å². The Bertz CT molecular complexity index is 559. The standard InChI is InChI=1S/C16H20N2O3/c1-11-6-12(2)8-15(7-11)21-10-16(20)18-17-13-4-3-5-14(19)9-13/h6-8H,3-5,9-10H2,1-2H3,(H,18,20)/b17-13-. The molecule has 0 spiro atoms. The Morgan fingerprint density at radius 3 is 2.62 bits per heavy atom. The van der Waals surface area contributed by atoms with Crippen molar-refractivity contribution in [1.29, 1.82) is 0 Å². The molecule has 0 unspecified atom stereocenters. The normalized spacial score (nSPS) is 16.9. The van der Waals surface area contributed by atoms with Crippen LogP contribution in [0.5, 0.6) is 5.75 Å². The molecule has 0 bridgehead atoms. The molecule has 5 nitrogen and oxygen atoms in total. The van der Waals surface area contributed by atoms with Gasteiger partial charge in [-0.25, -0.2) is 5.43 Å². The van der Waals surface area contributed by atoms with Crippen LogP contribution in [0, 0.1) is 13.8 Å². The van der Waals surface area contributed by atoms with Crippen LogP contribution in [0.25, 0.3) is 0 Å². The van der Waals surface area contributed by atoms with Gasteiger partial charge in [-0.3, -0.25) is 9.59 Å². The lowest BCUT2D eigenvalue weighted by atomic mass is 9.97. The van der Waals surface area contributed by atoms with Gasteiger partial charge < -0.3 is 4.74 Å². The van der Waals surface area contributed by atoms with Crippen molar-refractivity contribution < 1.29 is 14.3 Å². The van der Waals surface area contributed by atoms with Crippen molar-refractivity contribution in [1.82, 2.24) is 5.43 Å². The number of hydrazone groups is 1. The maximum Gasteiger partial charge on any atom is 0.277 e. The van der Waals surface area contributed by atoms with E-state index in [4.69, 9.17) is 4.74 Å². The first-order valence-corrected chi connectivity index (χ1v) is 7.10. The second-order valence-corrected chi connectivity index (χ2v) is 5.39. The molecule has 1 N–H and O–H groups in total. The van der Waals surface area contributed by atoms with Gasteiger partial charge in [0.2, 0.25) is 0 Å². The first kappa shape index (κ1) is 15.2. The number of amides is 1. The summed E-state index contributed by atoms with van der Waals surface area (Å²) in [6.45, 7) is 3.87. The minimum Gasteiger partial charge on any atom is -0.484 e. The zero-order valence-corrected chi connectivity index (χ0v) is 12.4. The fourth-order valence-corrected chi connectivity index (χ4v) is 2.33. The van der Waals surface area contributed by atoms with Gasteiger partial charge in [-0.15, -0.1) is 0 Å².